The van der Waals surface area contributed by atoms with Crippen molar-refractivity contribution >= 4 is 11.6 Å². The Hall–Kier alpha value is -0.640. The van der Waals surface area contributed by atoms with E-state index in [0.717, 1.165) is 18.7 Å². The van der Waals surface area contributed by atoms with Gasteiger partial charge >= 0.3 is 0 Å². The molecule has 1 aromatic rings. The molecule has 2 rings (SSSR count). The normalized spacial score (nSPS) is 18.9. The fourth-order valence-corrected chi connectivity index (χ4v) is 2.59. The van der Waals surface area contributed by atoms with Crippen LogP contribution in [0.2, 0.25) is 5.02 Å². The van der Waals surface area contributed by atoms with Gasteiger partial charge in [-0.25, -0.2) is 4.39 Å². The number of hydrogen-bond acceptors (Lipinski definition) is 2. The number of nitrogens with two attached hydrogens (primary N) is 1. The average molecular weight is 243 g/mol. The summed E-state index contributed by atoms with van der Waals surface area (Å²) in [6, 6.07) is 4.67. The lowest BCUT2D eigenvalue weighted by Gasteiger charge is -2.27. The minimum absolute atomic E-state index is 0.121. The summed E-state index contributed by atoms with van der Waals surface area (Å²) in [7, 11) is 0. The predicted molar refractivity (Wildman–Crippen MR) is 64.0 cm³/mol. The van der Waals surface area contributed by atoms with Crippen molar-refractivity contribution in [2.75, 3.05) is 19.6 Å². The first kappa shape index (κ1) is 11.8. The maximum Gasteiger partial charge on any atom is 0.124 e. The number of hydrogen-bond donors (Lipinski definition) is 1. The Morgan fingerprint density at radius 3 is 2.62 bits per heavy atom. The topological polar surface area (TPSA) is 29.3 Å². The van der Waals surface area contributed by atoms with Gasteiger partial charge in [0.1, 0.15) is 5.82 Å². The van der Waals surface area contributed by atoms with E-state index in [1.165, 1.54) is 25.0 Å². The molecule has 1 fully saturated rings. The summed E-state index contributed by atoms with van der Waals surface area (Å²) in [5.41, 5.74) is 6.73. The smallest absolute Gasteiger partial charge is 0.124 e. The lowest BCUT2D eigenvalue weighted by molar-refractivity contribution is 0.251. The summed E-state index contributed by atoms with van der Waals surface area (Å²) in [6.45, 7) is 2.62. The molecule has 0 saturated carbocycles. The zero-order valence-electron chi connectivity index (χ0n) is 9.13. The van der Waals surface area contributed by atoms with Crippen molar-refractivity contribution in [2.24, 2.45) is 5.73 Å². The molecule has 0 bridgehead atoms. The minimum Gasteiger partial charge on any atom is -0.329 e. The summed E-state index contributed by atoms with van der Waals surface area (Å²) in [6.07, 6.45) is 2.41. The predicted octanol–water partition coefficient (Wildman–Crippen LogP) is 2.57. The zero-order chi connectivity index (χ0) is 11.5. The maximum absolute atomic E-state index is 13.0. The summed E-state index contributed by atoms with van der Waals surface area (Å²) in [5, 5.41) is 0.474. The number of likely N-dealkylation sites (tertiary alicyclic amines) is 1. The van der Waals surface area contributed by atoms with Gasteiger partial charge in [-0.2, -0.15) is 0 Å². The lowest BCUT2D eigenvalue weighted by atomic mass is 10.1. The maximum atomic E-state index is 13.0. The largest absolute Gasteiger partial charge is 0.329 e. The Balaban J connectivity index is 2.25. The fraction of sp³-hybridized carbons (Fsp3) is 0.500. The van der Waals surface area contributed by atoms with E-state index in [4.69, 9.17) is 17.3 Å². The van der Waals surface area contributed by atoms with Crippen LogP contribution in [-0.2, 0) is 0 Å². The average Bonchev–Trinajstić information content (AvgIpc) is 2.75. The van der Waals surface area contributed by atoms with E-state index in [1.807, 2.05) is 0 Å². The van der Waals surface area contributed by atoms with Crippen molar-refractivity contribution in [1.82, 2.24) is 4.90 Å². The zero-order valence-corrected chi connectivity index (χ0v) is 9.88. The number of nitrogens with zero attached hydrogens (tertiary/aromatic N) is 1. The van der Waals surface area contributed by atoms with Gasteiger partial charge < -0.3 is 5.73 Å². The SMILES string of the molecule is NCC(c1ccc(F)cc1Cl)N1CCCC1. The highest BCUT2D eigenvalue weighted by Crippen LogP contribution is 2.29. The molecule has 4 heteroatoms. The minimum atomic E-state index is -0.300. The first-order valence-electron chi connectivity index (χ1n) is 5.61. The van der Waals surface area contributed by atoms with Crippen molar-refractivity contribution in [1.29, 1.82) is 0 Å². The summed E-state index contributed by atoms with van der Waals surface area (Å²) in [5.74, 6) is -0.300. The monoisotopic (exact) mass is 242 g/mol. The van der Waals surface area contributed by atoms with Crippen molar-refractivity contribution in [3.05, 3.63) is 34.6 Å². The standard InChI is InChI=1S/C12H16ClFN2/c13-11-7-9(14)3-4-10(11)12(8-15)16-5-1-2-6-16/h3-4,7,12H,1-2,5-6,8,15H2. The highest BCUT2D eigenvalue weighted by molar-refractivity contribution is 6.31. The molecule has 1 aliphatic rings. The van der Waals surface area contributed by atoms with Gasteiger partial charge in [0.2, 0.25) is 0 Å². The fourth-order valence-electron chi connectivity index (χ4n) is 2.30. The van der Waals surface area contributed by atoms with Crippen molar-refractivity contribution in [3.8, 4) is 0 Å². The van der Waals surface area contributed by atoms with Crippen LogP contribution in [0.3, 0.4) is 0 Å². The first-order chi connectivity index (χ1) is 7.72. The third-order valence-electron chi connectivity index (χ3n) is 3.13. The van der Waals surface area contributed by atoms with Crippen LogP contribution in [0.5, 0.6) is 0 Å². The van der Waals surface area contributed by atoms with Gasteiger partial charge in [-0.1, -0.05) is 17.7 Å². The van der Waals surface area contributed by atoms with E-state index in [0.29, 0.717) is 11.6 Å². The number of benzene rings is 1. The molecule has 2 nitrogen and oxygen atoms in total. The Kier molecular flexibility index (Phi) is 3.79. The van der Waals surface area contributed by atoms with Crippen LogP contribution in [0, 0.1) is 5.82 Å². The van der Waals surface area contributed by atoms with Crippen LogP contribution in [-0.4, -0.2) is 24.5 Å². The highest BCUT2D eigenvalue weighted by Gasteiger charge is 2.23. The molecular weight excluding hydrogens is 227 g/mol. The Morgan fingerprint density at radius 2 is 2.06 bits per heavy atom. The van der Waals surface area contributed by atoms with Crippen LogP contribution >= 0.6 is 11.6 Å². The van der Waals surface area contributed by atoms with Gasteiger partial charge in [0.05, 0.1) is 0 Å². The Labute approximate surface area is 100 Å². The van der Waals surface area contributed by atoms with E-state index < -0.39 is 0 Å². The molecule has 0 spiro atoms. The van der Waals surface area contributed by atoms with Crippen LogP contribution < -0.4 is 5.73 Å². The summed E-state index contributed by atoms with van der Waals surface area (Å²) in [4.78, 5) is 2.32. The van der Waals surface area contributed by atoms with Crippen molar-refractivity contribution in [2.45, 2.75) is 18.9 Å². The molecule has 0 amide bonds. The quantitative estimate of drug-likeness (QED) is 0.883. The molecule has 0 radical (unpaired) electrons. The van der Waals surface area contributed by atoms with Gasteiger partial charge in [-0.05, 0) is 43.6 Å². The second kappa shape index (κ2) is 5.13. The molecule has 88 valence electrons. The lowest BCUT2D eigenvalue weighted by Crippen LogP contribution is -2.31. The van der Waals surface area contributed by atoms with Crippen LogP contribution in [0.15, 0.2) is 18.2 Å². The van der Waals surface area contributed by atoms with Crippen LogP contribution in [0.25, 0.3) is 0 Å². The molecule has 0 aliphatic carbocycles. The molecule has 1 saturated heterocycles. The molecule has 2 N–H and O–H groups in total. The molecule has 1 unspecified atom stereocenters. The van der Waals surface area contributed by atoms with Crippen LogP contribution in [0.4, 0.5) is 4.39 Å². The van der Waals surface area contributed by atoms with Crippen LogP contribution in [0.1, 0.15) is 24.4 Å². The molecule has 1 atom stereocenters. The number of halogens is 2. The number of rotatable bonds is 3. The van der Waals surface area contributed by atoms with E-state index in [1.54, 1.807) is 6.07 Å². The third kappa shape index (κ3) is 2.37. The second-order valence-electron chi connectivity index (χ2n) is 4.16. The van der Waals surface area contributed by atoms with Crippen molar-refractivity contribution < 1.29 is 4.39 Å². The molecule has 1 aromatic carbocycles. The van der Waals surface area contributed by atoms with E-state index in [9.17, 15) is 4.39 Å². The van der Waals surface area contributed by atoms with Gasteiger partial charge in [-0.15, -0.1) is 0 Å². The Morgan fingerprint density at radius 1 is 1.38 bits per heavy atom. The van der Waals surface area contributed by atoms with Gasteiger partial charge in [-0.3, -0.25) is 4.90 Å². The third-order valence-corrected chi connectivity index (χ3v) is 3.45. The molecule has 0 aromatic heterocycles. The second-order valence-corrected chi connectivity index (χ2v) is 4.57. The highest BCUT2D eigenvalue weighted by atomic mass is 35.5. The summed E-state index contributed by atoms with van der Waals surface area (Å²) >= 11 is 6.06. The van der Waals surface area contributed by atoms with Gasteiger partial charge in [0.25, 0.3) is 0 Å². The molecule has 1 aliphatic heterocycles. The van der Waals surface area contributed by atoms with Crippen molar-refractivity contribution in [3.63, 3.8) is 0 Å². The molecule has 16 heavy (non-hydrogen) atoms. The molecule has 1 heterocycles. The van der Waals surface area contributed by atoms with E-state index in [2.05, 4.69) is 4.90 Å². The molecular formula is C12H16ClFN2. The van der Waals surface area contributed by atoms with E-state index in [-0.39, 0.29) is 11.9 Å². The Bertz CT molecular complexity index is 364. The summed E-state index contributed by atoms with van der Waals surface area (Å²) < 4.78 is 13.0. The van der Waals surface area contributed by atoms with Gasteiger partial charge in [0, 0.05) is 17.6 Å². The van der Waals surface area contributed by atoms with E-state index >= 15 is 0 Å². The van der Waals surface area contributed by atoms with Gasteiger partial charge in [0.15, 0.2) is 0 Å². The first-order valence-corrected chi connectivity index (χ1v) is 5.99.